The molecule has 258 valence electrons. The second kappa shape index (κ2) is 14.5. The SMILES string of the molecule is COCCOCCN(CCOCCOC)C(=O)CC(F)(F)C(F)(F)C(F)(F)C(F)(F)C(F)(F)C(F)(F)C(F)(F)C(F)(F)F. The van der Waals surface area contributed by atoms with Gasteiger partial charge in [-0.1, -0.05) is 0 Å². The third-order valence-corrected chi connectivity index (χ3v) is 5.39. The molecule has 43 heavy (non-hydrogen) atoms. The number of carbonyl (C=O) groups is 1. The van der Waals surface area contributed by atoms with Crippen LogP contribution < -0.4 is 0 Å². The quantitative estimate of drug-likeness (QED) is 0.125. The van der Waals surface area contributed by atoms with Crippen LogP contribution in [0.2, 0.25) is 0 Å². The van der Waals surface area contributed by atoms with E-state index in [9.17, 15) is 79.4 Å². The van der Waals surface area contributed by atoms with Crippen molar-refractivity contribution in [2.75, 3.05) is 67.0 Å². The maximum atomic E-state index is 14.3. The zero-order valence-electron chi connectivity index (χ0n) is 21.8. The van der Waals surface area contributed by atoms with Crippen molar-refractivity contribution in [3.8, 4) is 0 Å². The van der Waals surface area contributed by atoms with E-state index in [4.69, 9.17) is 9.47 Å². The zero-order valence-corrected chi connectivity index (χ0v) is 21.8. The number of nitrogens with zero attached hydrogens (tertiary/aromatic N) is 1. The third kappa shape index (κ3) is 8.24. The van der Waals surface area contributed by atoms with Crippen molar-refractivity contribution in [3.05, 3.63) is 0 Å². The lowest BCUT2D eigenvalue weighted by atomic mass is 9.88. The van der Waals surface area contributed by atoms with Crippen LogP contribution in [0.3, 0.4) is 0 Å². The minimum Gasteiger partial charge on any atom is -0.382 e. The van der Waals surface area contributed by atoms with Crippen LogP contribution in [-0.2, 0) is 23.7 Å². The molecule has 0 heterocycles. The van der Waals surface area contributed by atoms with E-state index in [2.05, 4.69) is 9.47 Å². The van der Waals surface area contributed by atoms with Crippen LogP contribution in [0.5, 0.6) is 0 Å². The van der Waals surface area contributed by atoms with E-state index in [1.54, 1.807) is 0 Å². The Bertz CT molecular complexity index is 868. The van der Waals surface area contributed by atoms with E-state index in [-0.39, 0.29) is 31.3 Å². The number of ether oxygens (including phenoxy) is 4. The van der Waals surface area contributed by atoms with Crippen molar-refractivity contribution >= 4 is 5.91 Å². The Morgan fingerprint density at radius 3 is 1.14 bits per heavy atom. The van der Waals surface area contributed by atoms with E-state index in [1.165, 1.54) is 14.2 Å². The Kier molecular flexibility index (Phi) is 13.8. The Morgan fingerprint density at radius 2 is 0.814 bits per heavy atom. The molecule has 0 aliphatic rings. The molecule has 23 heteroatoms. The first-order valence-corrected chi connectivity index (χ1v) is 11.3. The molecule has 0 saturated carbocycles. The van der Waals surface area contributed by atoms with Crippen molar-refractivity contribution in [2.45, 2.75) is 54.1 Å². The second-order valence-corrected chi connectivity index (χ2v) is 8.42. The first-order chi connectivity index (χ1) is 19.2. The number of rotatable bonds is 20. The summed E-state index contributed by atoms with van der Waals surface area (Å²) in [7, 11) is 2.44. The van der Waals surface area contributed by atoms with Crippen molar-refractivity contribution < 1.29 is 98.4 Å². The molecule has 0 spiro atoms. The summed E-state index contributed by atoms with van der Waals surface area (Å²) in [6.45, 7) is -3.21. The molecule has 0 N–H and O–H groups in total. The van der Waals surface area contributed by atoms with Crippen LogP contribution in [0, 0.1) is 0 Å². The number of amides is 1. The summed E-state index contributed by atoms with van der Waals surface area (Å²) in [5.41, 5.74) is 0. The first kappa shape index (κ1) is 41.1. The summed E-state index contributed by atoms with van der Waals surface area (Å²) < 4.78 is 247. The molecule has 6 nitrogen and oxygen atoms in total. The van der Waals surface area contributed by atoms with Gasteiger partial charge in [0, 0.05) is 27.3 Å². The highest BCUT2D eigenvalue weighted by atomic mass is 19.4. The topological polar surface area (TPSA) is 57.2 Å². The molecule has 0 aromatic heterocycles. The molecule has 0 rings (SSSR count). The molecule has 0 radical (unpaired) electrons. The maximum Gasteiger partial charge on any atom is 0.460 e. The average Bonchev–Trinajstić information content (AvgIpc) is 2.85. The van der Waals surface area contributed by atoms with Crippen molar-refractivity contribution in [1.82, 2.24) is 4.90 Å². The maximum absolute atomic E-state index is 14.3. The van der Waals surface area contributed by atoms with Crippen LogP contribution in [0.4, 0.5) is 74.6 Å². The highest BCUT2D eigenvalue weighted by molar-refractivity contribution is 5.77. The Morgan fingerprint density at radius 1 is 0.488 bits per heavy atom. The van der Waals surface area contributed by atoms with Crippen LogP contribution in [-0.4, -0.2) is 125 Å². The lowest BCUT2D eigenvalue weighted by Gasteiger charge is -2.42. The Labute approximate surface area is 231 Å². The molecule has 0 fully saturated rings. The number of halogens is 17. The van der Waals surface area contributed by atoms with Crippen molar-refractivity contribution in [3.63, 3.8) is 0 Å². The lowest BCUT2D eigenvalue weighted by Crippen LogP contribution is -2.74. The monoisotopic (exact) mass is 681 g/mol. The standard InChI is InChI=1S/C20H24F17NO5/c1-40-7-9-42-5-3-38(4-6-43-10-8-41-2)12(39)11-13(21,22)14(23,24)15(25,26)16(27,28)17(29,30)18(31,32)19(33,34)20(35,36)37/h3-11H2,1-2H3. The summed E-state index contributed by atoms with van der Waals surface area (Å²) in [6.07, 6.45) is -11.0. The molecule has 0 aromatic rings. The molecular formula is C20H24F17NO5. The molecule has 1 amide bonds. The zero-order chi connectivity index (χ0) is 34.3. The second-order valence-electron chi connectivity index (χ2n) is 8.42. The van der Waals surface area contributed by atoms with E-state index in [0.717, 1.165) is 0 Å². The van der Waals surface area contributed by atoms with Gasteiger partial charge in [-0.25, -0.2) is 0 Å². The van der Waals surface area contributed by atoms with Gasteiger partial charge in [-0.2, -0.15) is 74.6 Å². The van der Waals surface area contributed by atoms with Gasteiger partial charge in [-0.15, -0.1) is 0 Å². The minimum atomic E-state index is -8.74. The molecule has 0 saturated heterocycles. The summed E-state index contributed by atoms with van der Waals surface area (Å²) in [6, 6.07) is 0. The van der Waals surface area contributed by atoms with Crippen molar-refractivity contribution in [2.24, 2.45) is 0 Å². The number of alkyl halides is 17. The van der Waals surface area contributed by atoms with Gasteiger partial charge in [0.25, 0.3) is 0 Å². The van der Waals surface area contributed by atoms with Gasteiger partial charge in [0.2, 0.25) is 5.91 Å². The molecule has 0 aromatic carbocycles. The van der Waals surface area contributed by atoms with Crippen molar-refractivity contribution in [1.29, 1.82) is 0 Å². The molecule has 0 aliphatic heterocycles. The fraction of sp³-hybridized carbons (Fsp3) is 0.950. The fourth-order valence-electron chi connectivity index (χ4n) is 2.81. The van der Waals surface area contributed by atoms with E-state index in [1.807, 2.05) is 0 Å². The summed E-state index contributed by atoms with van der Waals surface area (Å²) in [4.78, 5) is 12.4. The smallest absolute Gasteiger partial charge is 0.382 e. The Balaban J connectivity index is 6.28. The van der Waals surface area contributed by atoms with Gasteiger partial charge >= 0.3 is 47.6 Å². The molecule has 0 aliphatic carbocycles. The largest absolute Gasteiger partial charge is 0.460 e. The first-order valence-electron chi connectivity index (χ1n) is 11.3. The van der Waals surface area contributed by atoms with Gasteiger partial charge in [0.15, 0.2) is 0 Å². The number of carbonyl (C=O) groups excluding carboxylic acids is 1. The molecule has 0 unspecified atom stereocenters. The van der Waals surface area contributed by atoms with Crippen LogP contribution in [0.1, 0.15) is 6.42 Å². The van der Waals surface area contributed by atoms with Gasteiger partial charge in [0.05, 0.1) is 46.1 Å². The third-order valence-electron chi connectivity index (χ3n) is 5.39. The summed E-state index contributed by atoms with van der Waals surface area (Å²) in [5, 5.41) is 0. The van der Waals surface area contributed by atoms with Gasteiger partial charge in [-0.3, -0.25) is 4.79 Å². The minimum absolute atomic E-state index is 0.0553. The average molecular weight is 681 g/mol. The predicted octanol–water partition coefficient (Wildman–Crippen LogP) is 5.54. The van der Waals surface area contributed by atoms with Gasteiger partial charge in [0.1, 0.15) is 0 Å². The van der Waals surface area contributed by atoms with Gasteiger partial charge in [-0.05, 0) is 0 Å². The molecular weight excluding hydrogens is 657 g/mol. The summed E-state index contributed by atoms with van der Waals surface area (Å²) >= 11 is 0. The predicted molar refractivity (Wildman–Crippen MR) is 107 cm³/mol. The molecule has 0 atom stereocenters. The summed E-state index contributed by atoms with van der Waals surface area (Å²) in [5.74, 6) is -59.8. The molecule has 0 bridgehead atoms. The van der Waals surface area contributed by atoms with Crippen LogP contribution in [0.25, 0.3) is 0 Å². The lowest BCUT2D eigenvalue weighted by molar-refractivity contribution is -0.461. The number of hydrogen-bond donors (Lipinski definition) is 0. The normalized spacial score (nSPS) is 14.8. The van der Waals surface area contributed by atoms with Crippen LogP contribution in [0.15, 0.2) is 0 Å². The number of hydrogen-bond acceptors (Lipinski definition) is 5. The van der Waals surface area contributed by atoms with E-state index in [0.29, 0.717) is 0 Å². The van der Waals surface area contributed by atoms with E-state index >= 15 is 0 Å². The highest BCUT2D eigenvalue weighted by Crippen LogP contribution is 2.64. The number of methoxy groups -OCH3 is 2. The Hall–Kier alpha value is -1.88. The van der Waals surface area contributed by atoms with E-state index < -0.39 is 86.3 Å². The fourth-order valence-corrected chi connectivity index (χ4v) is 2.81. The highest BCUT2D eigenvalue weighted by Gasteiger charge is 2.95. The van der Waals surface area contributed by atoms with Crippen LogP contribution >= 0.6 is 0 Å². The van der Waals surface area contributed by atoms with Gasteiger partial charge < -0.3 is 23.8 Å².